The summed E-state index contributed by atoms with van der Waals surface area (Å²) in [4.78, 5) is 37.8. The maximum absolute atomic E-state index is 13.6. The SMILES string of the molecule is CC/C=C\C/C=C\C/C=C\C/C=C\C/C=C\C/C=C\CCC(=O)OC(/C=C\CCCCCCCCCCC)C(COP(=O)(O)OCC[N+](C)(C)C)NC(=O)CCCCCCCCCCCCCCCC/C=C\C/C=C\C/C=C\CCCCC. The first-order valence-corrected chi connectivity index (χ1v) is 35.4. The van der Waals surface area contributed by atoms with Crippen molar-refractivity contribution in [2.75, 3.05) is 40.9 Å². The van der Waals surface area contributed by atoms with Crippen molar-refractivity contribution in [2.24, 2.45) is 0 Å². The van der Waals surface area contributed by atoms with Gasteiger partial charge in [0.2, 0.25) is 5.91 Å². The summed E-state index contributed by atoms with van der Waals surface area (Å²) in [5, 5.41) is 3.04. The molecular weight excluding hydrogens is 1050 g/mol. The van der Waals surface area contributed by atoms with Gasteiger partial charge in [-0.15, -0.1) is 0 Å². The molecule has 0 aliphatic heterocycles. The van der Waals surface area contributed by atoms with Crippen molar-refractivity contribution in [1.29, 1.82) is 0 Å². The minimum atomic E-state index is -4.47. The van der Waals surface area contributed by atoms with Crippen LogP contribution in [0.1, 0.15) is 278 Å². The number of likely N-dealkylation sites (N-methyl/N-ethyl adjacent to an activating group) is 1. The molecule has 0 saturated carbocycles. The van der Waals surface area contributed by atoms with E-state index < -0.39 is 25.9 Å². The number of hydrogen-bond donors (Lipinski definition) is 2. The zero-order valence-corrected chi connectivity index (χ0v) is 55.3. The van der Waals surface area contributed by atoms with Crippen LogP contribution in [-0.2, 0) is 27.9 Å². The zero-order valence-electron chi connectivity index (χ0n) is 54.4. The Bertz CT molecular complexity index is 1830. The van der Waals surface area contributed by atoms with Crippen LogP contribution in [-0.4, -0.2) is 74.3 Å². The molecule has 0 rings (SSSR count). The first kappa shape index (κ1) is 79.4. The van der Waals surface area contributed by atoms with E-state index in [1.165, 1.54) is 148 Å². The molecule has 3 atom stereocenters. The molecule has 0 bridgehead atoms. The second-order valence-electron chi connectivity index (χ2n) is 23.6. The standard InChI is InChI=1S/C73H127N2O7P/c1-7-10-13-16-19-22-25-27-29-31-33-34-35-36-37-38-39-40-42-43-45-47-50-53-56-59-62-65-72(76)74-70(69-81-83(78,79)80-68-67-75(4,5)6)71(64-61-58-55-52-49-24-21-18-15-12-9-3)82-73(77)66-63-60-57-54-51-48-46-44-41-32-30-28-26-23-20-17-14-11-8-2/h11,14,19-20,22-23,27-30,33-34,41,44,48,51,57,60-61,64,70-71H,7-10,12-13,15-18,21,24-26,31-32,35-40,42-43,45-47,49-50,52-56,58-59,62-63,65-69H2,1-6H3,(H-,74,76,78,79)/p+1/b14-11-,22-19-,23-20-,29-27-,30-28-,34-33-,44-41-,51-48-,60-57-,64-61-. The lowest BCUT2D eigenvalue weighted by Crippen LogP contribution is -2.47. The predicted molar refractivity (Wildman–Crippen MR) is 360 cm³/mol. The fraction of sp³-hybridized carbons (Fsp3) is 0.699. The third-order valence-electron chi connectivity index (χ3n) is 14.4. The van der Waals surface area contributed by atoms with E-state index in [4.69, 9.17) is 13.8 Å². The van der Waals surface area contributed by atoms with E-state index in [1.807, 2.05) is 39.4 Å². The molecular formula is C73H128N2O7P+. The van der Waals surface area contributed by atoms with Gasteiger partial charge in [-0.2, -0.15) is 0 Å². The van der Waals surface area contributed by atoms with Crippen LogP contribution in [0.15, 0.2) is 122 Å². The summed E-state index contributed by atoms with van der Waals surface area (Å²) in [6.07, 6.45) is 86.6. The maximum atomic E-state index is 13.6. The van der Waals surface area contributed by atoms with Gasteiger partial charge in [-0.1, -0.05) is 277 Å². The molecule has 0 aromatic rings. The smallest absolute Gasteiger partial charge is 0.456 e. The number of allylic oxidation sites excluding steroid dienone is 19. The molecule has 9 nitrogen and oxygen atoms in total. The number of unbranched alkanes of at least 4 members (excludes halogenated alkanes) is 26. The Morgan fingerprint density at radius 1 is 0.434 bits per heavy atom. The number of carbonyl (C=O) groups is 2. The van der Waals surface area contributed by atoms with Crippen molar-refractivity contribution < 1.29 is 37.3 Å². The minimum Gasteiger partial charge on any atom is -0.456 e. The average molecular weight is 1180 g/mol. The van der Waals surface area contributed by atoms with Gasteiger partial charge in [0.1, 0.15) is 19.3 Å². The average Bonchev–Trinajstić information content (AvgIpc) is 3.51. The number of phosphoric acid groups is 1. The van der Waals surface area contributed by atoms with Gasteiger partial charge in [-0.25, -0.2) is 4.57 Å². The van der Waals surface area contributed by atoms with Gasteiger partial charge in [0.25, 0.3) is 0 Å². The van der Waals surface area contributed by atoms with Gasteiger partial charge in [-0.3, -0.25) is 18.6 Å². The molecule has 10 heteroatoms. The molecule has 0 aliphatic rings. The largest absolute Gasteiger partial charge is 0.472 e. The van der Waals surface area contributed by atoms with Crippen molar-refractivity contribution in [1.82, 2.24) is 5.32 Å². The summed E-state index contributed by atoms with van der Waals surface area (Å²) in [7, 11) is 1.45. The highest BCUT2D eigenvalue weighted by Crippen LogP contribution is 2.43. The number of quaternary nitrogens is 1. The number of esters is 1. The second-order valence-corrected chi connectivity index (χ2v) is 25.1. The summed E-state index contributed by atoms with van der Waals surface area (Å²) in [5.74, 6) is -0.607. The van der Waals surface area contributed by atoms with Gasteiger partial charge in [-0.05, 0) is 109 Å². The van der Waals surface area contributed by atoms with Crippen LogP contribution in [0.25, 0.3) is 0 Å². The minimum absolute atomic E-state index is 0.0236. The fourth-order valence-corrected chi connectivity index (χ4v) is 9.94. The summed E-state index contributed by atoms with van der Waals surface area (Å²) in [6, 6.07) is -0.887. The van der Waals surface area contributed by atoms with Crippen LogP contribution in [0.3, 0.4) is 0 Å². The van der Waals surface area contributed by atoms with Crippen LogP contribution in [0.4, 0.5) is 0 Å². The van der Waals surface area contributed by atoms with E-state index in [-0.39, 0.29) is 25.5 Å². The second kappa shape index (κ2) is 61.5. The van der Waals surface area contributed by atoms with E-state index in [2.05, 4.69) is 129 Å². The Labute approximate surface area is 512 Å². The molecule has 0 saturated heterocycles. The number of amides is 1. The summed E-state index contributed by atoms with van der Waals surface area (Å²) < 4.78 is 30.7. The molecule has 0 radical (unpaired) electrons. The lowest BCUT2D eigenvalue weighted by Gasteiger charge is -2.27. The summed E-state index contributed by atoms with van der Waals surface area (Å²) in [6.45, 7) is 6.82. The van der Waals surface area contributed by atoms with E-state index >= 15 is 0 Å². The molecule has 0 spiro atoms. The van der Waals surface area contributed by atoms with Gasteiger partial charge in [0, 0.05) is 12.8 Å². The molecule has 0 aromatic heterocycles. The third kappa shape index (κ3) is 62.8. The van der Waals surface area contributed by atoms with Gasteiger partial charge >= 0.3 is 13.8 Å². The Hall–Kier alpha value is -3.59. The van der Waals surface area contributed by atoms with Crippen LogP contribution in [0.2, 0.25) is 0 Å². The maximum Gasteiger partial charge on any atom is 0.472 e. The monoisotopic (exact) mass is 1180 g/mol. The first-order valence-electron chi connectivity index (χ1n) is 33.9. The summed E-state index contributed by atoms with van der Waals surface area (Å²) >= 11 is 0. The van der Waals surface area contributed by atoms with Gasteiger partial charge in [0.15, 0.2) is 0 Å². The number of phosphoric ester groups is 1. The lowest BCUT2D eigenvalue weighted by atomic mass is 10.0. The number of nitrogens with one attached hydrogen (secondary N) is 1. The normalized spacial score (nSPS) is 14.3. The molecule has 0 aliphatic carbocycles. The van der Waals surface area contributed by atoms with Crippen molar-refractivity contribution in [3.05, 3.63) is 122 Å². The summed E-state index contributed by atoms with van der Waals surface area (Å²) in [5.41, 5.74) is 0. The molecule has 3 unspecified atom stereocenters. The molecule has 476 valence electrons. The number of hydrogen-bond acceptors (Lipinski definition) is 6. The Morgan fingerprint density at radius 2 is 0.783 bits per heavy atom. The molecule has 0 aromatic carbocycles. The van der Waals surface area contributed by atoms with Crippen LogP contribution in [0.5, 0.6) is 0 Å². The van der Waals surface area contributed by atoms with E-state index in [0.717, 1.165) is 89.9 Å². The highest BCUT2D eigenvalue weighted by Gasteiger charge is 2.30. The number of carbonyl (C=O) groups excluding carboxylic acids is 2. The van der Waals surface area contributed by atoms with Crippen LogP contribution >= 0.6 is 7.82 Å². The van der Waals surface area contributed by atoms with Gasteiger partial charge < -0.3 is 19.4 Å². The third-order valence-corrected chi connectivity index (χ3v) is 15.4. The number of nitrogens with zero attached hydrogens (tertiary/aromatic N) is 1. The van der Waals surface area contributed by atoms with E-state index in [9.17, 15) is 19.0 Å². The zero-order chi connectivity index (χ0) is 60.7. The van der Waals surface area contributed by atoms with Crippen molar-refractivity contribution in [2.45, 2.75) is 290 Å². The molecule has 0 heterocycles. The molecule has 2 N–H and O–H groups in total. The lowest BCUT2D eigenvalue weighted by molar-refractivity contribution is -0.870. The Morgan fingerprint density at radius 3 is 1.20 bits per heavy atom. The Balaban J connectivity index is 5.13. The van der Waals surface area contributed by atoms with E-state index in [1.54, 1.807) is 0 Å². The number of rotatable bonds is 60. The topological polar surface area (TPSA) is 111 Å². The highest BCUT2D eigenvalue weighted by molar-refractivity contribution is 7.47. The van der Waals surface area contributed by atoms with E-state index in [0.29, 0.717) is 23.9 Å². The van der Waals surface area contributed by atoms with Crippen LogP contribution in [0, 0.1) is 0 Å². The van der Waals surface area contributed by atoms with Crippen LogP contribution < -0.4 is 5.32 Å². The highest BCUT2D eigenvalue weighted by atomic mass is 31.2. The van der Waals surface area contributed by atoms with Crippen molar-refractivity contribution >= 4 is 19.7 Å². The van der Waals surface area contributed by atoms with Crippen molar-refractivity contribution in [3.8, 4) is 0 Å². The molecule has 0 fully saturated rings. The quantitative estimate of drug-likeness (QED) is 0.0205. The fourth-order valence-electron chi connectivity index (χ4n) is 9.21. The Kier molecular flexibility index (Phi) is 58.8. The number of ether oxygens (including phenoxy) is 1. The van der Waals surface area contributed by atoms with Gasteiger partial charge in [0.05, 0.1) is 33.8 Å². The van der Waals surface area contributed by atoms with Crippen molar-refractivity contribution in [3.63, 3.8) is 0 Å². The first-order chi connectivity index (χ1) is 40.4. The molecule has 83 heavy (non-hydrogen) atoms. The molecule has 1 amide bonds. The predicted octanol–water partition coefficient (Wildman–Crippen LogP) is 21.4.